The maximum Gasteiger partial charge on any atom is 0.256 e. The Balaban J connectivity index is 1.87. The quantitative estimate of drug-likeness (QED) is 0.825. The Morgan fingerprint density at radius 2 is 2.00 bits per heavy atom. The standard InChI is InChI=1S/C17H18FNOS/c1-2-13-6-8-16(21-13)12-5-7-14(15(18)11-12)17(20)19-9-3-4-10-19/h5-8,11H,2-4,9-10H2,1H3. The first-order valence-electron chi connectivity index (χ1n) is 7.37. The Morgan fingerprint density at radius 1 is 1.24 bits per heavy atom. The van der Waals surface area contributed by atoms with Gasteiger partial charge in [0.2, 0.25) is 0 Å². The zero-order valence-corrected chi connectivity index (χ0v) is 12.9. The van der Waals surface area contributed by atoms with E-state index in [4.69, 9.17) is 0 Å². The molecule has 0 bridgehead atoms. The van der Waals surface area contributed by atoms with E-state index in [1.54, 1.807) is 22.3 Å². The van der Waals surface area contributed by atoms with Crippen LogP contribution in [0.5, 0.6) is 0 Å². The third-order valence-corrected chi connectivity index (χ3v) is 5.17. The molecule has 0 spiro atoms. The first kappa shape index (κ1) is 14.3. The predicted octanol–water partition coefficient (Wildman–Crippen LogP) is 4.35. The molecule has 1 aliphatic heterocycles. The lowest BCUT2D eigenvalue weighted by Crippen LogP contribution is -2.28. The van der Waals surface area contributed by atoms with Crippen LogP contribution in [0.3, 0.4) is 0 Å². The van der Waals surface area contributed by atoms with Crippen molar-refractivity contribution in [2.45, 2.75) is 26.2 Å². The molecule has 0 aliphatic carbocycles. The van der Waals surface area contributed by atoms with Gasteiger partial charge in [0.1, 0.15) is 5.82 Å². The van der Waals surface area contributed by atoms with E-state index in [0.717, 1.165) is 42.8 Å². The summed E-state index contributed by atoms with van der Waals surface area (Å²) in [6.45, 7) is 3.59. The molecule has 2 aromatic rings. The monoisotopic (exact) mass is 303 g/mol. The van der Waals surface area contributed by atoms with Gasteiger partial charge in [-0.1, -0.05) is 13.0 Å². The molecule has 1 amide bonds. The summed E-state index contributed by atoms with van der Waals surface area (Å²) >= 11 is 1.67. The highest BCUT2D eigenvalue weighted by atomic mass is 32.1. The largest absolute Gasteiger partial charge is 0.339 e. The van der Waals surface area contributed by atoms with Gasteiger partial charge in [-0.25, -0.2) is 4.39 Å². The average molecular weight is 303 g/mol. The third-order valence-electron chi connectivity index (χ3n) is 3.89. The third kappa shape index (κ3) is 2.86. The van der Waals surface area contributed by atoms with Crippen LogP contribution in [-0.4, -0.2) is 23.9 Å². The fourth-order valence-corrected chi connectivity index (χ4v) is 3.60. The minimum Gasteiger partial charge on any atom is -0.339 e. The summed E-state index contributed by atoms with van der Waals surface area (Å²) < 4.78 is 14.3. The number of rotatable bonds is 3. The van der Waals surface area contributed by atoms with Gasteiger partial charge in [-0.2, -0.15) is 0 Å². The molecule has 2 nitrogen and oxygen atoms in total. The van der Waals surface area contributed by atoms with E-state index >= 15 is 0 Å². The number of hydrogen-bond donors (Lipinski definition) is 0. The zero-order chi connectivity index (χ0) is 14.8. The number of thiophene rings is 1. The minimum atomic E-state index is -0.421. The summed E-state index contributed by atoms with van der Waals surface area (Å²) in [7, 11) is 0. The van der Waals surface area contributed by atoms with Crippen LogP contribution in [0, 0.1) is 5.82 Å². The van der Waals surface area contributed by atoms with Crippen LogP contribution >= 0.6 is 11.3 Å². The number of benzene rings is 1. The Kier molecular flexibility index (Phi) is 4.06. The maximum atomic E-state index is 14.3. The van der Waals surface area contributed by atoms with Crippen LogP contribution in [0.15, 0.2) is 30.3 Å². The number of halogens is 1. The molecule has 0 atom stereocenters. The van der Waals surface area contributed by atoms with Gasteiger partial charge >= 0.3 is 0 Å². The number of likely N-dealkylation sites (tertiary alicyclic amines) is 1. The first-order chi connectivity index (χ1) is 10.2. The highest BCUT2D eigenvalue weighted by molar-refractivity contribution is 7.15. The lowest BCUT2D eigenvalue weighted by Gasteiger charge is -2.15. The molecule has 1 fully saturated rings. The van der Waals surface area contributed by atoms with E-state index in [1.165, 1.54) is 10.9 Å². The average Bonchev–Trinajstić information content (AvgIpc) is 3.17. The van der Waals surface area contributed by atoms with E-state index in [-0.39, 0.29) is 11.5 Å². The van der Waals surface area contributed by atoms with Crippen molar-refractivity contribution < 1.29 is 9.18 Å². The minimum absolute atomic E-state index is 0.183. The molecule has 0 unspecified atom stereocenters. The number of carbonyl (C=O) groups is 1. The molecular weight excluding hydrogens is 285 g/mol. The molecule has 1 aliphatic rings. The lowest BCUT2D eigenvalue weighted by molar-refractivity contribution is 0.0788. The Hall–Kier alpha value is -1.68. The van der Waals surface area contributed by atoms with Crippen LogP contribution in [0.1, 0.15) is 35.0 Å². The molecule has 4 heteroatoms. The highest BCUT2D eigenvalue weighted by Gasteiger charge is 2.22. The van der Waals surface area contributed by atoms with Crippen molar-refractivity contribution in [3.05, 3.63) is 46.6 Å². The van der Waals surface area contributed by atoms with Crippen molar-refractivity contribution in [3.8, 4) is 10.4 Å². The fourth-order valence-electron chi connectivity index (χ4n) is 2.66. The molecule has 2 heterocycles. The van der Waals surface area contributed by atoms with E-state index in [2.05, 4.69) is 13.0 Å². The number of carbonyl (C=O) groups excluding carboxylic acids is 1. The SMILES string of the molecule is CCc1ccc(-c2ccc(C(=O)N3CCCC3)c(F)c2)s1. The van der Waals surface area contributed by atoms with Crippen LogP contribution in [0.2, 0.25) is 0 Å². The summed E-state index contributed by atoms with van der Waals surface area (Å²) in [6.07, 6.45) is 3.01. The Bertz CT molecular complexity index is 659. The van der Waals surface area contributed by atoms with Gasteiger partial charge in [-0.05, 0) is 49.1 Å². The number of aryl methyl sites for hydroxylation is 1. The first-order valence-corrected chi connectivity index (χ1v) is 8.18. The van der Waals surface area contributed by atoms with Crippen LogP contribution in [0.4, 0.5) is 4.39 Å². The molecule has 1 aromatic heterocycles. The van der Waals surface area contributed by atoms with Crippen molar-refractivity contribution in [2.75, 3.05) is 13.1 Å². The molecule has 110 valence electrons. The van der Waals surface area contributed by atoms with Crippen molar-refractivity contribution >= 4 is 17.2 Å². The zero-order valence-electron chi connectivity index (χ0n) is 12.1. The number of nitrogens with zero attached hydrogens (tertiary/aromatic N) is 1. The van der Waals surface area contributed by atoms with Gasteiger partial charge in [-0.15, -0.1) is 11.3 Å². The molecular formula is C17H18FNOS. The van der Waals surface area contributed by atoms with Gasteiger partial charge in [0.05, 0.1) is 5.56 Å². The van der Waals surface area contributed by atoms with Gasteiger partial charge in [0.25, 0.3) is 5.91 Å². The smallest absolute Gasteiger partial charge is 0.256 e. The molecule has 0 N–H and O–H groups in total. The van der Waals surface area contributed by atoms with E-state index < -0.39 is 5.82 Å². The molecule has 21 heavy (non-hydrogen) atoms. The molecule has 1 aromatic carbocycles. The number of amides is 1. The van der Waals surface area contributed by atoms with Crippen molar-refractivity contribution in [3.63, 3.8) is 0 Å². The van der Waals surface area contributed by atoms with E-state index in [1.807, 2.05) is 12.1 Å². The molecule has 1 saturated heterocycles. The van der Waals surface area contributed by atoms with Crippen molar-refractivity contribution in [2.24, 2.45) is 0 Å². The summed E-state index contributed by atoms with van der Waals surface area (Å²) in [5, 5.41) is 0. The topological polar surface area (TPSA) is 20.3 Å². The van der Waals surface area contributed by atoms with E-state index in [9.17, 15) is 9.18 Å². The Labute approximate surface area is 128 Å². The van der Waals surface area contributed by atoms with E-state index in [0.29, 0.717) is 0 Å². The molecule has 0 radical (unpaired) electrons. The Morgan fingerprint density at radius 3 is 2.62 bits per heavy atom. The van der Waals surface area contributed by atoms with Crippen LogP contribution in [-0.2, 0) is 6.42 Å². The predicted molar refractivity (Wildman–Crippen MR) is 84.2 cm³/mol. The highest BCUT2D eigenvalue weighted by Crippen LogP contribution is 2.30. The van der Waals surface area contributed by atoms with Crippen molar-refractivity contribution in [1.29, 1.82) is 0 Å². The summed E-state index contributed by atoms with van der Waals surface area (Å²) in [4.78, 5) is 16.3. The second-order valence-corrected chi connectivity index (χ2v) is 6.48. The molecule has 3 rings (SSSR count). The second kappa shape index (κ2) is 5.98. The lowest BCUT2D eigenvalue weighted by atomic mass is 10.1. The van der Waals surface area contributed by atoms with Crippen LogP contribution < -0.4 is 0 Å². The van der Waals surface area contributed by atoms with Gasteiger partial charge < -0.3 is 4.90 Å². The maximum absolute atomic E-state index is 14.3. The van der Waals surface area contributed by atoms with Gasteiger partial charge in [0.15, 0.2) is 0 Å². The summed E-state index contributed by atoms with van der Waals surface area (Å²) in [6, 6.07) is 9.03. The van der Waals surface area contributed by atoms with Crippen LogP contribution in [0.25, 0.3) is 10.4 Å². The summed E-state index contributed by atoms with van der Waals surface area (Å²) in [5.41, 5.74) is 1.03. The fraction of sp³-hybridized carbons (Fsp3) is 0.353. The van der Waals surface area contributed by atoms with Crippen molar-refractivity contribution in [1.82, 2.24) is 4.90 Å². The van der Waals surface area contributed by atoms with Gasteiger partial charge in [-0.3, -0.25) is 4.79 Å². The number of hydrogen-bond acceptors (Lipinski definition) is 2. The van der Waals surface area contributed by atoms with Gasteiger partial charge in [0, 0.05) is 22.8 Å². The second-order valence-electron chi connectivity index (χ2n) is 5.31. The normalized spacial score (nSPS) is 14.7. The molecule has 0 saturated carbocycles. The summed E-state index contributed by atoms with van der Waals surface area (Å²) in [5.74, 6) is -0.604.